The van der Waals surface area contributed by atoms with E-state index in [9.17, 15) is 0 Å². The largest absolute Gasteiger partial charge is 0.243 e. The molecule has 0 aliphatic carbocycles. The van der Waals surface area contributed by atoms with Gasteiger partial charge in [-0.3, -0.25) is 0 Å². The highest BCUT2D eigenvalue weighted by atomic mass is 16.6. The summed E-state index contributed by atoms with van der Waals surface area (Å²) >= 11 is 0. The van der Waals surface area contributed by atoms with Gasteiger partial charge < -0.3 is 0 Å². The van der Waals surface area contributed by atoms with Crippen LogP contribution in [0, 0.1) is 6.92 Å². The van der Waals surface area contributed by atoms with Gasteiger partial charge in [-0.15, -0.1) is 0 Å². The van der Waals surface area contributed by atoms with Gasteiger partial charge in [-0.2, -0.15) is 0 Å². The second-order valence-corrected chi connectivity index (χ2v) is 3.83. The molecule has 1 aromatic heterocycles. The van der Waals surface area contributed by atoms with Gasteiger partial charge in [0.25, 0.3) is 0 Å². The summed E-state index contributed by atoms with van der Waals surface area (Å²) in [5, 5.41) is 7.62. The molecule has 0 unspecified atom stereocenters. The summed E-state index contributed by atoms with van der Waals surface area (Å²) in [4.78, 5) is 0. The van der Waals surface area contributed by atoms with Crippen molar-refractivity contribution in [2.45, 2.75) is 6.92 Å². The van der Waals surface area contributed by atoms with Gasteiger partial charge in [0.2, 0.25) is 0 Å². The Hall–Kier alpha value is -2.16. The highest BCUT2D eigenvalue weighted by Gasteiger charge is 2.02. The molecule has 16 heavy (non-hydrogen) atoms. The minimum Gasteiger partial charge on any atom is -0.243 e. The van der Waals surface area contributed by atoms with Gasteiger partial charge in [-0.1, -0.05) is 35.9 Å². The molecular weight excluding hydrogens is 200 g/mol. The van der Waals surface area contributed by atoms with Crippen LogP contribution in [0.3, 0.4) is 0 Å². The smallest absolute Gasteiger partial charge is 0.135 e. The lowest BCUT2D eigenvalue weighted by molar-refractivity contribution is 0.315. The lowest BCUT2D eigenvalue weighted by Gasteiger charge is -2.01. The molecule has 0 bridgehead atoms. The van der Waals surface area contributed by atoms with Crippen LogP contribution in [0.15, 0.2) is 47.1 Å². The molecule has 0 amide bonds. The maximum absolute atomic E-state index is 4.67. The fourth-order valence-corrected chi connectivity index (χ4v) is 1.71. The summed E-state index contributed by atoms with van der Waals surface area (Å²) in [7, 11) is 0. The van der Waals surface area contributed by atoms with E-state index >= 15 is 0 Å². The van der Waals surface area contributed by atoms with Crippen LogP contribution in [0.5, 0.6) is 0 Å². The van der Waals surface area contributed by atoms with Crippen molar-refractivity contribution in [1.82, 2.24) is 10.3 Å². The first-order valence-corrected chi connectivity index (χ1v) is 5.12. The number of nitrogens with zero attached hydrogens (tertiary/aromatic N) is 2. The minimum absolute atomic E-state index is 0.788. The van der Waals surface area contributed by atoms with Gasteiger partial charge >= 0.3 is 0 Å². The Balaban J connectivity index is 2.14. The molecule has 0 saturated heterocycles. The van der Waals surface area contributed by atoms with Gasteiger partial charge in [0.05, 0.1) is 0 Å². The molecule has 0 spiro atoms. The van der Waals surface area contributed by atoms with Crippen molar-refractivity contribution in [3.05, 3.63) is 48.0 Å². The van der Waals surface area contributed by atoms with E-state index in [-0.39, 0.29) is 0 Å². The quantitative estimate of drug-likeness (QED) is 0.619. The van der Waals surface area contributed by atoms with Gasteiger partial charge in [0.15, 0.2) is 0 Å². The number of aromatic nitrogens is 2. The monoisotopic (exact) mass is 210 g/mol. The molecule has 78 valence electrons. The zero-order chi connectivity index (χ0) is 11.0. The third kappa shape index (κ3) is 1.46. The standard InChI is InChI=1S/C13H10N2O/c1-9-2-4-10(5-3-9)11-6-7-12-13(8-11)15-16-14-12/h2-8H,1H3. The number of hydrogen-bond donors (Lipinski definition) is 0. The first kappa shape index (κ1) is 9.09. The molecule has 0 aliphatic rings. The Labute approximate surface area is 92.7 Å². The number of benzene rings is 2. The minimum atomic E-state index is 0.788. The van der Waals surface area contributed by atoms with E-state index in [1.807, 2.05) is 18.2 Å². The van der Waals surface area contributed by atoms with E-state index in [4.69, 9.17) is 0 Å². The topological polar surface area (TPSA) is 38.9 Å². The summed E-state index contributed by atoms with van der Waals surface area (Å²) in [6.07, 6.45) is 0. The van der Waals surface area contributed by atoms with Crippen LogP contribution >= 0.6 is 0 Å². The summed E-state index contributed by atoms with van der Waals surface area (Å²) < 4.78 is 4.67. The first-order valence-electron chi connectivity index (χ1n) is 5.12. The molecule has 0 saturated carbocycles. The summed E-state index contributed by atoms with van der Waals surface area (Å²) in [6.45, 7) is 2.08. The van der Waals surface area contributed by atoms with E-state index in [1.54, 1.807) is 0 Å². The maximum Gasteiger partial charge on any atom is 0.135 e. The van der Waals surface area contributed by atoms with Crippen molar-refractivity contribution in [3.63, 3.8) is 0 Å². The number of hydrogen-bond acceptors (Lipinski definition) is 3. The Morgan fingerprint density at radius 3 is 2.31 bits per heavy atom. The molecule has 0 atom stereocenters. The summed E-state index contributed by atoms with van der Waals surface area (Å²) in [5.74, 6) is 0. The van der Waals surface area contributed by atoms with Crippen LogP contribution in [0.4, 0.5) is 0 Å². The molecule has 2 aromatic carbocycles. The average molecular weight is 210 g/mol. The molecule has 1 heterocycles. The van der Waals surface area contributed by atoms with Crippen molar-refractivity contribution in [2.24, 2.45) is 0 Å². The first-order chi connectivity index (χ1) is 7.83. The predicted molar refractivity (Wildman–Crippen MR) is 62.0 cm³/mol. The Kier molecular flexibility index (Phi) is 1.96. The van der Waals surface area contributed by atoms with Crippen molar-refractivity contribution >= 4 is 11.0 Å². The maximum atomic E-state index is 4.67. The summed E-state index contributed by atoms with van der Waals surface area (Å²) in [5.41, 5.74) is 5.14. The zero-order valence-corrected chi connectivity index (χ0v) is 8.84. The second-order valence-electron chi connectivity index (χ2n) is 3.83. The van der Waals surface area contributed by atoms with Crippen LogP contribution in [-0.4, -0.2) is 10.3 Å². The highest BCUT2D eigenvalue weighted by molar-refractivity contribution is 5.80. The van der Waals surface area contributed by atoms with Gasteiger partial charge in [0.1, 0.15) is 11.0 Å². The molecule has 0 fully saturated rings. The van der Waals surface area contributed by atoms with Crippen molar-refractivity contribution in [2.75, 3.05) is 0 Å². The number of fused-ring (bicyclic) bond motifs is 1. The highest BCUT2D eigenvalue weighted by Crippen LogP contribution is 2.22. The normalized spacial score (nSPS) is 10.8. The van der Waals surface area contributed by atoms with E-state index in [0.717, 1.165) is 16.6 Å². The molecule has 0 N–H and O–H groups in total. The third-order valence-electron chi connectivity index (χ3n) is 2.64. The van der Waals surface area contributed by atoms with Crippen molar-refractivity contribution in [3.8, 4) is 11.1 Å². The lowest BCUT2D eigenvalue weighted by Crippen LogP contribution is -1.79. The van der Waals surface area contributed by atoms with Crippen molar-refractivity contribution in [1.29, 1.82) is 0 Å². The molecule has 3 aromatic rings. The van der Waals surface area contributed by atoms with E-state index < -0.39 is 0 Å². The SMILES string of the molecule is Cc1ccc(-c2ccc3nonc3c2)cc1. The molecule has 0 radical (unpaired) electrons. The van der Waals surface area contributed by atoms with Gasteiger partial charge in [-0.25, -0.2) is 4.63 Å². The Bertz CT molecular complexity index is 626. The number of rotatable bonds is 1. The van der Waals surface area contributed by atoms with Gasteiger partial charge in [-0.05, 0) is 40.5 Å². The lowest BCUT2D eigenvalue weighted by atomic mass is 10.0. The van der Waals surface area contributed by atoms with E-state index in [0.29, 0.717) is 0 Å². The molecule has 3 heteroatoms. The molecule has 0 aliphatic heterocycles. The van der Waals surface area contributed by atoms with Crippen LogP contribution in [0.1, 0.15) is 5.56 Å². The molecule has 3 nitrogen and oxygen atoms in total. The van der Waals surface area contributed by atoms with E-state index in [2.05, 4.69) is 46.1 Å². The second kappa shape index (κ2) is 3.45. The van der Waals surface area contributed by atoms with Crippen LogP contribution < -0.4 is 0 Å². The molecular formula is C13H10N2O. The van der Waals surface area contributed by atoms with Crippen LogP contribution in [0.2, 0.25) is 0 Å². The van der Waals surface area contributed by atoms with Crippen LogP contribution in [0.25, 0.3) is 22.2 Å². The Morgan fingerprint density at radius 1 is 0.812 bits per heavy atom. The zero-order valence-electron chi connectivity index (χ0n) is 8.84. The fourth-order valence-electron chi connectivity index (χ4n) is 1.71. The summed E-state index contributed by atoms with van der Waals surface area (Å²) in [6, 6.07) is 14.3. The third-order valence-corrected chi connectivity index (χ3v) is 2.64. The predicted octanol–water partition coefficient (Wildman–Crippen LogP) is 3.20. The van der Waals surface area contributed by atoms with Crippen molar-refractivity contribution < 1.29 is 4.63 Å². The average Bonchev–Trinajstić information content (AvgIpc) is 2.77. The van der Waals surface area contributed by atoms with E-state index in [1.165, 1.54) is 11.1 Å². The molecule has 3 rings (SSSR count). The van der Waals surface area contributed by atoms with Gasteiger partial charge in [0, 0.05) is 0 Å². The number of aryl methyl sites for hydroxylation is 1. The Morgan fingerprint density at radius 2 is 1.50 bits per heavy atom. The van der Waals surface area contributed by atoms with Crippen LogP contribution in [-0.2, 0) is 0 Å². The fraction of sp³-hybridized carbons (Fsp3) is 0.0769.